The van der Waals surface area contributed by atoms with Crippen molar-refractivity contribution < 1.29 is 9.53 Å². The van der Waals surface area contributed by atoms with Crippen LogP contribution in [-0.4, -0.2) is 34.9 Å². The highest BCUT2D eigenvalue weighted by Gasteiger charge is 2.38. The van der Waals surface area contributed by atoms with Gasteiger partial charge in [-0.3, -0.25) is 9.89 Å². The Morgan fingerprint density at radius 3 is 3.19 bits per heavy atom. The van der Waals surface area contributed by atoms with Crippen LogP contribution < -0.4 is 11.1 Å². The zero-order chi connectivity index (χ0) is 11.6. The van der Waals surface area contributed by atoms with Gasteiger partial charge in [-0.1, -0.05) is 0 Å². The van der Waals surface area contributed by atoms with Crippen molar-refractivity contribution in [2.45, 2.75) is 24.9 Å². The minimum absolute atomic E-state index is 0.104. The van der Waals surface area contributed by atoms with Crippen molar-refractivity contribution >= 4 is 5.91 Å². The first-order valence-electron chi connectivity index (χ1n) is 5.28. The van der Waals surface area contributed by atoms with Crippen LogP contribution in [0, 0.1) is 0 Å². The zero-order valence-corrected chi connectivity index (χ0v) is 9.19. The molecular weight excluding hydrogens is 208 g/mol. The van der Waals surface area contributed by atoms with E-state index in [1.54, 1.807) is 12.4 Å². The summed E-state index contributed by atoms with van der Waals surface area (Å²) < 4.78 is 5.15. The molecule has 0 spiro atoms. The Balaban J connectivity index is 1.97. The molecule has 1 aliphatic heterocycles. The van der Waals surface area contributed by atoms with Crippen LogP contribution in [0.5, 0.6) is 0 Å². The number of amides is 1. The van der Waals surface area contributed by atoms with E-state index >= 15 is 0 Å². The minimum Gasteiger partial charge on any atom is -0.379 e. The molecule has 6 nitrogen and oxygen atoms in total. The summed E-state index contributed by atoms with van der Waals surface area (Å²) in [6.45, 7) is 2.73. The maximum absolute atomic E-state index is 11.9. The van der Waals surface area contributed by atoms with Crippen molar-refractivity contribution in [2.24, 2.45) is 5.73 Å². The number of hydrogen-bond donors (Lipinski definition) is 3. The van der Waals surface area contributed by atoms with Crippen LogP contribution in [0.15, 0.2) is 12.4 Å². The van der Waals surface area contributed by atoms with Crippen molar-refractivity contribution in [3.05, 3.63) is 18.0 Å². The number of H-pyrrole nitrogens is 1. The molecule has 88 valence electrons. The van der Waals surface area contributed by atoms with Crippen molar-refractivity contribution in [2.75, 3.05) is 13.2 Å². The Morgan fingerprint density at radius 1 is 1.81 bits per heavy atom. The van der Waals surface area contributed by atoms with Gasteiger partial charge in [0, 0.05) is 18.4 Å². The van der Waals surface area contributed by atoms with Crippen LogP contribution in [0.3, 0.4) is 0 Å². The molecule has 2 unspecified atom stereocenters. The zero-order valence-electron chi connectivity index (χ0n) is 9.19. The summed E-state index contributed by atoms with van der Waals surface area (Å²) in [6.07, 6.45) is 4.00. The molecule has 16 heavy (non-hydrogen) atoms. The molecule has 6 heteroatoms. The molecule has 1 aromatic rings. The first kappa shape index (κ1) is 11.1. The number of nitrogens with zero attached hydrogens (tertiary/aromatic N) is 1. The standard InChI is InChI=1S/C10H16N4O2/c1-7(8-4-12-13-5-8)14-9(15)10(11)2-3-16-6-10/h4-5,7H,2-3,6,11H2,1H3,(H,12,13)(H,14,15). The fourth-order valence-corrected chi connectivity index (χ4v) is 1.68. The summed E-state index contributed by atoms with van der Waals surface area (Å²) in [6, 6.07) is -0.104. The third-order valence-electron chi connectivity index (χ3n) is 2.87. The molecular formula is C10H16N4O2. The Kier molecular flexibility index (Phi) is 2.93. The number of nitrogens with two attached hydrogens (primary N) is 1. The summed E-state index contributed by atoms with van der Waals surface area (Å²) in [5, 5.41) is 9.40. The number of carbonyl (C=O) groups is 1. The number of aromatic amines is 1. The van der Waals surface area contributed by atoms with Crippen LogP contribution in [0.4, 0.5) is 0 Å². The second-order valence-corrected chi connectivity index (χ2v) is 4.19. The van der Waals surface area contributed by atoms with E-state index in [-0.39, 0.29) is 18.6 Å². The second-order valence-electron chi connectivity index (χ2n) is 4.19. The Morgan fingerprint density at radius 2 is 2.62 bits per heavy atom. The van der Waals surface area contributed by atoms with Crippen molar-refractivity contribution in [1.82, 2.24) is 15.5 Å². The normalized spacial score (nSPS) is 26.6. The molecule has 1 aliphatic rings. The average molecular weight is 224 g/mol. The predicted molar refractivity (Wildman–Crippen MR) is 57.5 cm³/mol. The van der Waals surface area contributed by atoms with Gasteiger partial charge in [-0.15, -0.1) is 0 Å². The number of aromatic nitrogens is 2. The van der Waals surface area contributed by atoms with E-state index in [2.05, 4.69) is 15.5 Å². The van der Waals surface area contributed by atoms with Crippen molar-refractivity contribution in [1.29, 1.82) is 0 Å². The van der Waals surface area contributed by atoms with Gasteiger partial charge in [-0.2, -0.15) is 5.10 Å². The van der Waals surface area contributed by atoms with E-state index in [1.807, 2.05) is 6.92 Å². The topological polar surface area (TPSA) is 93.0 Å². The van der Waals surface area contributed by atoms with Crippen LogP contribution in [0.1, 0.15) is 24.9 Å². The number of nitrogens with one attached hydrogen (secondary N) is 2. The number of ether oxygens (including phenoxy) is 1. The fraction of sp³-hybridized carbons (Fsp3) is 0.600. The third-order valence-corrected chi connectivity index (χ3v) is 2.87. The maximum Gasteiger partial charge on any atom is 0.243 e. The molecule has 4 N–H and O–H groups in total. The highest BCUT2D eigenvalue weighted by Crippen LogP contribution is 2.18. The summed E-state index contributed by atoms with van der Waals surface area (Å²) in [5.41, 5.74) is 5.99. The minimum atomic E-state index is -0.877. The molecule has 1 saturated heterocycles. The van der Waals surface area contributed by atoms with Crippen LogP contribution in [0.25, 0.3) is 0 Å². The molecule has 2 heterocycles. The van der Waals surface area contributed by atoms with E-state index in [9.17, 15) is 4.79 Å². The van der Waals surface area contributed by atoms with Gasteiger partial charge in [0.15, 0.2) is 0 Å². The van der Waals surface area contributed by atoms with Gasteiger partial charge in [-0.25, -0.2) is 0 Å². The molecule has 0 bridgehead atoms. The van der Waals surface area contributed by atoms with E-state index in [1.165, 1.54) is 0 Å². The summed E-state index contributed by atoms with van der Waals surface area (Å²) in [7, 11) is 0. The lowest BCUT2D eigenvalue weighted by Gasteiger charge is -2.23. The Labute approximate surface area is 93.5 Å². The predicted octanol–water partition coefficient (Wildman–Crippen LogP) is -0.295. The van der Waals surface area contributed by atoms with Gasteiger partial charge in [0.2, 0.25) is 5.91 Å². The summed E-state index contributed by atoms with van der Waals surface area (Å²) in [4.78, 5) is 11.9. The van der Waals surface area contributed by atoms with Gasteiger partial charge < -0.3 is 15.8 Å². The Hall–Kier alpha value is -1.40. The summed E-state index contributed by atoms with van der Waals surface area (Å²) >= 11 is 0. The maximum atomic E-state index is 11.9. The van der Waals surface area contributed by atoms with Gasteiger partial charge in [0.25, 0.3) is 0 Å². The summed E-state index contributed by atoms with van der Waals surface area (Å²) in [5.74, 6) is -0.168. The quantitative estimate of drug-likeness (QED) is 0.657. The molecule has 1 aromatic heterocycles. The second kappa shape index (κ2) is 4.23. The highest BCUT2D eigenvalue weighted by molar-refractivity contribution is 5.86. The SMILES string of the molecule is CC(NC(=O)C1(N)CCOC1)c1cn[nH]c1. The highest BCUT2D eigenvalue weighted by atomic mass is 16.5. The van der Waals surface area contributed by atoms with Gasteiger partial charge in [0.1, 0.15) is 5.54 Å². The lowest BCUT2D eigenvalue weighted by atomic mass is 9.98. The van der Waals surface area contributed by atoms with Crippen molar-refractivity contribution in [3.63, 3.8) is 0 Å². The molecule has 0 saturated carbocycles. The molecule has 0 radical (unpaired) electrons. The van der Waals surface area contributed by atoms with E-state index in [4.69, 9.17) is 10.5 Å². The van der Waals surface area contributed by atoms with Crippen LogP contribution in [-0.2, 0) is 9.53 Å². The largest absolute Gasteiger partial charge is 0.379 e. The molecule has 0 aliphatic carbocycles. The van der Waals surface area contributed by atoms with E-state index < -0.39 is 5.54 Å². The lowest BCUT2D eigenvalue weighted by molar-refractivity contribution is -0.127. The number of hydrogen-bond acceptors (Lipinski definition) is 4. The smallest absolute Gasteiger partial charge is 0.243 e. The van der Waals surface area contributed by atoms with Crippen LogP contribution in [0.2, 0.25) is 0 Å². The number of rotatable bonds is 3. The Bertz CT molecular complexity index is 357. The molecule has 2 rings (SSSR count). The monoisotopic (exact) mass is 224 g/mol. The van der Waals surface area contributed by atoms with Gasteiger partial charge in [-0.05, 0) is 13.3 Å². The molecule has 1 amide bonds. The van der Waals surface area contributed by atoms with E-state index in [0.29, 0.717) is 13.0 Å². The number of carbonyl (C=O) groups excluding carboxylic acids is 1. The average Bonchev–Trinajstić information content (AvgIpc) is 2.88. The fourth-order valence-electron chi connectivity index (χ4n) is 1.68. The van der Waals surface area contributed by atoms with Gasteiger partial charge >= 0.3 is 0 Å². The van der Waals surface area contributed by atoms with Crippen LogP contribution >= 0.6 is 0 Å². The first-order chi connectivity index (χ1) is 7.62. The van der Waals surface area contributed by atoms with Gasteiger partial charge in [0.05, 0.1) is 18.8 Å². The lowest BCUT2D eigenvalue weighted by Crippen LogP contribution is -2.54. The van der Waals surface area contributed by atoms with E-state index in [0.717, 1.165) is 5.56 Å². The molecule has 0 aromatic carbocycles. The third kappa shape index (κ3) is 2.07. The molecule has 2 atom stereocenters. The molecule has 1 fully saturated rings. The first-order valence-corrected chi connectivity index (χ1v) is 5.28. The van der Waals surface area contributed by atoms with Crippen molar-refractivity contribution in [3.8, 4) is 0 Å².